The molecule has 90 valence electrons. The molecule has 3 nitrogen and oxygen atoms in total. The fraction of sp³-hybridized carbons (Fsp3) is 0.0769. The lowest BCUT2D eigenvalue weighted by molar-refractivity contribution is 0.637. The van der Waals surface area contributed by atoms with Gasteiger partial charge in [-0.3, -0.25) is 4.79 Å². The number of halogens is 1. The van der Waals surface area contributed by atoms with Gasteiger partial charge in [-0.15, -0.1) is 11.3 Å². The maximum atomic E-state index is 13.5. The number of H-pyrrole nitrogens is 1. The summed E-state index contributed by atoms with van der Waals surface area (Å²) in [6.07, 6.45) is 1.52. The lowest BCUT2D eigenvalue weighted by Gasteiger charge is -2.01. The third kappa shape index (κ3) is 1.64. The molecule has 18 heavy (non-hydrogen) atoms. The van der Waals surface area contributed by atoms with Crippen LogP contribution < -0.4 is 5.43 Å². The van der Waals surface area contributed by atoms with Gasteiger partial charge in [0.1, 0.15) is 5.82 Å². The van der Waals surface area contributed by atoms with E-state index >= 15 is 0 Å². The van der Waals surface area contributed by atoms with E-state index in [-0.39, 0.29) is 10.9 Å². The molecule has 2 heterocycles. The maximum absolute atomic E-state index is 13.5. The molecule has 1 aromatic carbocycles. The van der Waals surface area contributed by atoms with Crippen molar-refractivity contribution in [1.82, 2.24) is 9.97 Å². The molecule has 3 aromatic rings. The molecule has 1 N–H and O–H groups in total. The number of aromatic amines is 1. The molecule has 5 heteroatoms. The Labute approximate surface area is 106 Å². The van der Waals surface area contributed by atoms with Crippen LogP contribution in [0.1, 0.15) is 5.01 Å². The average Bonchev–Trinajstić information content (AvgIpc) is 2.77. The van der Waals surface area contributed by atoms with Crippen LogP contribution in [0.15, 0.2) is 34.6 Å². The number of para-hydroxylation sites is 1. The first kappa shape index (κ1) is 11.1. The zero-order valence-electron chi connectivity index (χ0n) is 9.53. The second-order valence-corrected chi connectivity index (χ2v) is 5.01. The van der Waals surface area contributed by atoms with Crippen LogP contribution in [0.3, 0.4) is 0 Å². The number of nitrogens with zero attached hydrogens (tertiary/aromatic N) is 1. The molecule has 0 saturated heterocycles. The van der Waals surface area contributed by atoms with Gasteiger partial charge in [-0.25, -0.2) is 9.37 Å². The van der Waals surface area contributed by atoms with Crippen LogP contribution in [0, 0.1) is 12.7 Å². The minimum atomic E-state index is -0.425. The fourth-order valence-corrected chi connectivity index (χ4v) is 2.51. The zero-order chi connectivity index (χ0) is 12.7. The summed E-state index contributed by atoms with van der Waals surface area (Å²) in [5.74, 6) is -0.425. The standard InChI is InChI=1S/C13H9FN2OS/c1-7-16-11(6-18-7)9-5-15-12-8(13(9)17)3-2-4-10(12)14/h2-6H,1H3,(H,15,17). The second-order valence-electron chi connectivity index (χ2n) is 3.95. The van der Waals surface area contributed by atoms with Crippen molar-refractivity contribution in [2.24, 2.45) is 0 Å². The van der Waals surface area contributed by atoms with Crippen LogP contribution in [0.4, 0.5) is 4.39 Å². The molecule has 3 rings (SSSR count). The number of thiazole rings is 1. The summed E-state index contributed by atoms with van der Waals surface area (Å²) in [5, 5.41) is 3.06. The highest BCUT2D eigenvalue weighted by molar-refractivity contribution is 7.09. The van der Waals surface area contributed by atoms with E-state index < -0.39 is 5.82 Å². The van der Waals surface area contributed by atoms with Gasteiger partial charge in [-0.1, -0.05) is 6.07 Å². The van der Waals surface area contributed by atoms with Crippen molar-refractivity contribution in [2.75, 3.05) is 0 Å². The van der Waals surface area contributed by atoms with Crippen molar-refractivity contribution in [3.05, 3.63) is 50.8 Å². The van der Waals surface area contributed by atoms with Gasteiger partial charge in [0.25, 0.3) is 0 Å². The number of hydrogen-bond acceptors (Lipinski definition) is 3. The molecule has 0 spiro atoms. The van der Waals surface area contributed by atoms with Crippen molar-refractivity contribution >= 4 is 22.2 Å². The van der Waals surface area contributed by atoms with E-state index in [2.05, 4.69) is 9.97 Å². The molecule has 0 unspecified atom stereocenters. The average molecular weight is 260 g/mol. The van der Waals surface area contributed by atoms with Gasteiger partial charge in [0, 0.05) is 17.0 Å². The number of pyridine rings is 1. The van der Waals surface area contributed by atoms with Gasteiger partial charge in [-0.2, -0.15) is 0 Å². The van der Waals surface area contributed by atoms with Gasteiger partial charge < -0.3 is 4.98 Å². The van der Waals surface area contributed by atoms with Gasteiger partial charge in [-0.05, 0) is 19.1 Å². The zero-order valence-corrected chi connectivity index (χ0v) is 10.3. The molecule has 0 atom stereocenters. The summed E-state index contributed by atoms with van der Waals surface area (Å²) >= 11 is 1.48. The Hall–Kier alpha value is -2.01. The van der Waals surface area contributed by atoms with Crippen LogP contribution in [0.2, 0.25) is 0 Å². The molecule has 0 amide bonds. The molecule has 0 radical (unpaired) electrons. The lowest BCUT2D eigenvalue weighted by Crippen LogP contribution is -2.07. The number of aryl methyl sites for hydroxylation is 1. The third-order valence-electron chi connectivity index (χ3n) is 2.76. The van der Waals surface area contributed by atoms with E-state index in [9.17, 15) is 9.18 Å². The van der Waals surface area contributed by atoms with Gasteiger partial charge in [0.2, 0.25) is 0 Å². The molecule has 0 aliphatic heterocycles. The Morgan fingerprint density at radius 3 is 2.94 bits per heavy atom. The van der Waals surface area contributed by atoms with E-state index in [0.717, 1.165) is 5.01 Å². The highest BCUT2D eigenvalue weighted by Crippen LogP contribution is 2.20. The summed E-state index contributed by atoms with van der Waals surface area (Å²) in [4.78, 5) is 19.4. The SMILES string of the molecule is Cc1nc(-c2c[nH]c3c(F)cccc3c2=O)cs1. The Kier molecular flexibility index (Phi) is 2.48. The van der Waals surface area contributed by atoms with Crippen LogP contribution >= 0.6 is 11.3 Å². The number of hydrogen-bond donors (Lipinski definition) is 1. The van der Waals surface area contributed by atoms with Gasteiger partial charge >= 0.3 is 0 Å². The van der Waals surface area contributed by atoms with E-state index in [4.69, 9.17) is 0 Å². The van der Waals surface area contributed by atoms with Crippen molar-refractivity contribution in [2.45, 2.75) is 6.92 Å². The molecule has 0 fully saturated rings. The van der Waals surface area contributed by atoms with Gasteiger partial charge in [0.15, 0.2) is 5.43 Å². The third-order valence-corrected chi connectivity index (χ3v) is 3.53. The normalized spacial score (nSPS) is 11.0. The molecule has 0 bridgehead atoms. The first-order valence-corrected chi connectivity index (χ1v) is 6.27. The highest BCUT2D eigenvalue weighted by Gasteiger charge is 2.11. The number of nitrogens with one attached hydrogen (secondary N) is 1. The highest BCUT2D eigenvalue weighted by atomic mass is 32.1. The minimum Gasteiger partial charge on any atom is -0.358 e. The van der Waals surface area contributed by atoms with E-state index in [0.29, 0.717) is 16.6 Å². The Balaban J connectivity index is 2.34. The molecular formula is C13H9FN2OS. The topological polar surface area (TPSA) is 45.8 Å². The van der Waals surface area contributed by atoms with Crippen molar-refractivity contribution in [3.8, 4) is 11.3 Å². The quantitative estimate of drug-likeness (QED) is 0.730. The van der Waals surface area contributed by atoms with Crippen LogP contribution in [0.5, 0.6) is 0 Å². The monoisotopic (exact) mass is 260 g/mol. The van der Waals surface area contributed by atoms with E-state index in [1.165, 1.54) is 29.7 Å². The molecule has 0 aliphatic rings. The summed E-state index contributed by atoms with van der Waals surface area (Å²) in [5.41, 5.74) is 1.13. The predicted molar refractivity (Wildman–Crippen MR) is 70.4 cm³/mol. The molecular weight excluding hydrogens is 251 g/mol. The summed E-state index contributed by atoms with van der Waals surface area (Å²) < 4.78 is 13.5. The van der Waals surface area contributed by atoms with Gasteiger partial charge in [0.05, 0.1) is 21.8 Å². The number of benzene rings is 1. The van der Waals surface area contributed by atoms with Crippen LogP contribution in [-0.4, -0.2) is 9.97 Å². The van der Waals surface area contributed by atoms with Crippen molar-refractivity contribution in [1.29, 1.82) is 0 Å². The largest absolute Gasteiger partial charge is 0.358 e. The van der Waals surface area contributed by atoms with Crippen molar-refractivity contribution < 1.29 is 4.39 Å². The first-order chi connectivity index (χ1) is 8.66. The maximum Gasteiger partial charge on any atom is 0.198 e. The smallest absolute Gasteiger partial charge is 0.198 e. The molecule has 0 aliphatic carbocycles. The van der Waals surface area contributed by atoms with Crippen LogP contribution in [-0.2, 0) is 0 Å². The number of aromatic nitrogens is 2. The summed E-state index contributed by atoms with van der Waals surface area (Å²) in [6, 6.07) is 4.47. The number of rotatable bonds is 1. The second kappa shape index (κ2) is 4.03. The summed E-state index contributed by atoms with van der Waals surface area (Å²) in [6.45, 7) is 1.88. The molecule has 2 aromatic heterocycles. The Morgan fingerprint density at radius 2 is 2.22 bits per heavy atom. The van der Waals surface area contributed by atoms with E-state index in [1.807, 2.05) is 12.3 Å². The fourth-order valence-electron chi connectivity index (χ4n) is 1.89. The Bertz CT molecular complexity index is 791. The van der Waals surface area contributed by atoms with Crippen LogP contribution in [0.25, 0.3) is 22.2 Å². The minimum absolute atomic E-state index is 0.200. The van der Waals surface area contributed by atoms with E-state index in [1.54, 1.807) is 6.07 Å². The first-order valence-electron chi connectivity index (χ1n) is 5.39. The predicted octanol–water partition coefficient (Wildman–Crippen LogP) is 3.10. The van der Waals surface area contributed by atoms with Crippen molar-refractivity contribution in [3.63, 3.8) is 0 Å². The Morgan fingerprint density at radius 1 is 1.39 bits per heavy atom. The lowest BCUT2D eigenvalue weighted by atomic mass is 10.1. The summed E-state index contributed by atoms with van der Waals surface area (Å²) in [7, 11) is 0. The number of fused-ring (bicyclic) bond motifs is 1. The molecule has 0 saturated carbocycles.